The van der Waals surface area contributed by atoms with Crippen molar-refractivity contribution in [3.8, 4) is 11.5 Å². The Labute approximate surface area is 129 Å². The monoisotopic (exact) mass is 357 g/mol. The molecular formula is C15H14BrF2NO2. The number of rotatable bonds is 4. The molecule has 0 amide bonds. The van der Waals surface area contributed by atoms with Gasteiger partial charge in [-0.2, -0.15) is 0 Å². The van der Waals surface area contributed by atoms with E-state index in [4.69, 9.17) is 15.2 Å². The predicted molar refractivity (Wildman–Crippen MR) is 79.6 cm³/mol. The zero-order valence-electron chi connectivity index (χ0n) is 11.5. The summed E-state index contributed by atoms with van der Waals surface area (Å²) in [5.41, 5.74) is 6.30. The van der Waals surface area contributed by atoms with Gasteiger partial charge in [0, 0.05) is 11.6 Å². The molecule has 0 radical (unpaired) electrons. The van der Waals surface area contributed by atoms with Gasteiger partial charge in [0.2, 0.25) is 0 Å². The van der Waals surface area contributed by atoms with Crippen LogP contribution in [0.25, 0.3) is 0 Å². The Balaban J connectivity index is 2.54. The molecule has 0 heterocycles. The summed E-state index contributed by atoms with van der Waals surface area (Å²) < 4.78 is 38.5. The Kier molecular flexibility index (Phi) is 4.80. The number of hydrogen-bond donors (Lipinski definition) is 1. The second-order valence-electron chi connectivity index (χ2n) is 4.38. The minimum Gasteiger partial charge on any atom is -0.497 e. The number of halogens is 3. The van der Waals surface area contributed by atoms with Crippen molar-refractivity contribution < 1.29 is 18.3 Å². The van der Waals surface area contributed by atoms with Crippen LogP contribution in [0, 0.1) is 11.6 Å². The molecule has 0 saturated heterocycles. The Morgan fingerprint density at radius 1 is 1.05 bits per heavy atom. The van der Waals surface area contributed by atoms with E-state index in [1.54, 1.807) is 18.2 Å². The van der Waals surface area contributed by atoms with Crippen LogP contribution in [0.4, 0.5) is 8.78 Å². The summed E-state index contributed by atoms with van der Waals surface area (Å²) in [5.74, 6) is -0.430. The molecule has 2 aromatic rings. The highest BCUT2D eigenvalue weighted by atomic mass is 79.9. The molecule has 0 saturated carbocycles. The standard InChI is InChI=1S/C15H14BrF2NO2/c1-20-9-5-8(6-10(7-9)21-2)15(19)13-12(17)4-3-11(16)14(13)18/h3-7,15H,19H2,1-2H3. The lowest BCUT2D eigenvalue weighted by Gasteiger charge is -2.17. The van der Waals surface area contributed by atoms with E-state index in [9.17, 15) is 8.78 Å². The first-order chi connectivity index (χ1) is 9.97. The summed E-state index contributed by atoms with van der Waals surface area (Å²) in [6, 6.07) is 6.38. The molecule has 0 bridgehead atoms. The molecule has 0 aliphatic heterocycles. The van der Waals surface area contributed by atoms with E-state index in [0.717, 1.165) is 0 Å². The van der Waals surface area contributed by atoms with Crippen LogP contribution in [0.3, 0.4) is 0 Å². The van der Waals surface area contributed by atoms with Crippen molar-refractivity contribution in [2.75, 3.05) is 14.2 Å². The number of ether oxygens (including phenoxy) is 2. The Hall–Kier alpha value is -1.66. The predicted octanol–water partition coefficient (Wildman–Crippen LogP) is 3.79. The smallest absolute Gasteiger partial charge is 0.145 e. The largest absolute Gasteiger partial charge is 0.497 e. The van der Waals surface area contributed by atoms with Crippen LogP contribution in [0.15, 0.2) is 34.8 Å². The van der Waals surface area contributed by atoms with Crippen LogP contribution in [-0.4, -0.2) is 14.2 Å². The molecule has 2 aromatic carbocycles. The van der Waals surface area contributed by atoms with Crippen molar-refractivity contribution in [1.29, 1.82) is 0 Å². The highest BCUT2D eigenvalue weighted by Crippen LogP contribution is 2.32. The maximum atomic E-state index is 14.1. The highest BCUT2D eigenvalue weighted by molar-refractivity contribution is 9.10. The lowest BCUT2D eigenvalue weighted by molar-refractivity contribution is 0.393. The summed E-state index contributed by atoms with van der Waals surface area (Å²) >= 11 is 3.03. The first kappa shape index (κ1) is 15.7. The average molecular weight is 358 g/mol. The topological polar surface area (TPSA) is 44.5 Å². The van der Waals surface area contributed by atoms with Gasteiger partial charge in [-0.3, -0.25) is 0 Å². The van der Waals surface area contributed by atoms with Gasteiger partial charge in [0.1, 0.15) is 23.1 Å². The Morgan fingerprint density at radius 2 is 1.62 bits per heavy atom. The van der Waals surface area contributed by atoms with E-state index in [1.165, 1.54) is 26.4 Å². The van der Waals surface area contributed by atoms with Crippen LogP contribution < -0.4 is 15.2 Å². The van der Waals surface area contributed by atoms with Crippen molar-refractivity contribution in [3.05, 3.63) is 57.6 Å². The quantitative estimate of drug-likeness (QED) is 0.846. The van der Waals surface area contributed by atoms with E-state index < -0.39 is 17.7 Å². The van der Waals surface area contributed by atoms with Crippen LogP contribution >= 0.6 is 15.9 Å². The summed E-state index contributed by atoms with van der Waals surface area (Å²) in [5, 5.41) is 0. The average Bonchev–Trinajstić information content (AvgIpc) is 2.50. The number of nitrogens with two attached hydrogens (primary N) is 1. The summed E-state index contributed by atoms with van der Waals surface area (Å²) in [6.07, 6.45) is 0. The number of hydrogen-bond acceptors (Lipinski definition) is 3. The third-order valence-corrected chi connectivity index (χ3v) is 3.74. The van der Waals surface area contributed by atoms with Gasteiger partial charge in [-0.15, -0.1) is 0 Å². The summed E-state index contributed by atoms with van der Waals surface area (Å²) in [4.78, 5) is 0. The van der Waals surface area contributed by atoms with E-state index in [0.29, 0.717) is 17.1 Å². The molecule has 112 valence electrons. The van der Waals surface area contributed by atoms with Crippen LogP contribution in [0.5, 0.6) is 11.5 Å². The molecule has 2 N–H and O–H groups in total. The number of methoxy groups -OCH3 is 2. The minimum absolute atomic E-state index is 0.157. The Bertz CT molecular complexity index is 642. The number of benzene rings is 2. The molecule has 2 rings (SSSR count). The molecule has 0 aromatic heterocycles. The Morgan fingerprint density at radius 3 is 2.14 bits per heavy atom. The van der Waals surface area contributed by atoms with Gasteiger partial charge in [-0.1, -0.05) is 0 Å². The molecule has 0 fully saturated rings. The van der Waals surface area contributed by atoms with Crippen LogP contribution in [-0.2, 0) is 0 Å². The first-order valence-electron chi connectivity index (χ1n) is 6.10. The molecule has 6 heteroatoms. The third-order valence-electron chi connectivity index (χ3n) is 3.12. The lowest BCUT2D eigenvalue weighted by atomic mass is 9.98. The lowest BCUT2D eigenvalue weighted by Crippen LogP contribution is -2.16. The normalized spacial score (nSPS) is 12.1. The van der Waals surface area contributed by atoms with E-state index in [1.807, 2.05) is 0 Å². The minimum atomic E-state index is -0.980. The summed E-state index contributed by atoms with van der Waals surface area (Å²) in [7, 11) is 2.98. The zero-order valence-corrected chi connectivity index (χ0v) is 13.1. The first-order valence-corrected chi connectivity index (χ1v) is 6.89. The van der Waals surface area contributed by atoms with Gasteiger partial charge >= 0.3 is 0 Å². The van der Waals surface area contributed by atoms with Crippen LogP contribution in [0.2, 0.25) is 0 Å². The maximum absolute atomic E-state index is 14.1. The third kappa shape index (κ3) is 3.16. The van der Waals surface area contributed by atoms with E-state index in [-0.39, 0.29) is 10.0 Å². The second kappa shape index (κ2) is 6.41. The molecule has 1 unspecified atom stereocenters. The fraction of sp³-hybridized carbons (Fsp3) is 0.200. The van der Waals surface area contributed by atoms with Crippen molar-refractivity contribution >= 4 is 15.9 Å². The second-order valence-corrected chi connectivity index (χ2v) is 5.23. The van der Waals surface area contributed by atoms with Crippen molar-refractivity contribution in [3.63, 3.8) is 0 Å². The van der Waals surface area contributed by atoms with Gasteiger partial charge in [0.25, 0.3) is 0 Å². The maximum Gasteiger partial charge on any atom is 0.145 e. The van der Waals surface area contributed by atoms with Gasteiger partial charge in [-0.25, -0.2) is 8.78 Å². The van der Waals surface area contributed by atoms with E-state index >= 15 is 0 Å². The summed E-state index contributed by atoms with van der Waals surface area (Å²) in [6.45, 7) is 0. The fourth-order valence-corrected chi connectivity index (χ4v) is 2.35. The van der Waals surface area contributed by atoms with E-state index in [2.05, 4.69) is 15.9 Å². The van der Waals surface area contributed by atoms with Gasteiger partial charge in [-0.05, 0) is 45.8 Å². The van der Waals surface area contributed by atoms with Crippen molar-refractivity contribution in [2.24, 2.45) is 5.73 Å². The zero-order chi connectivity index (χ0) is 15.6. The molecule has 0 aliphatic rings. The van der Waals surface area contributed by atoms with Crippen molar-refractivity contribution in [2.45, 2.75) is 6.04 Å². The highest BCUT2D eigenvalue weighted by Gasteiger charge is 2.21. The molecular weight excluding hydrogens is 344 g/mol. The van der Waals surface area contributed by atoms with Gasteiger partial charge < -0.3 is 15.2 Å². The molecule has 21 heavy (non-hydrogen) atoms. The fourth-order valence-electron chi connectivity index (χ4n) is 2.00. The van der Waals surface area contributed by atoms with Crippen LogP contribution in [0.1, 0.15) is 17.2 Å². The molecule has 0 aliphatic carbocycles. The van der Waals surface area contributed by atoms with Gasteiger partial charge in [0.15, 0.2) is 0 Å². The van der Waals surface area contributed by atoms with Crippen molar-refractivity contribution in [1.82, 2.24) is 0 Å². The molecule has 3 nitrogen and oxygen atoms in total. The molecule has 0 spiro atoms. The SMILES string of the molecule is COc1cc(OC)cc(C(N)c2c(F)ccc(Br)c2F)c1. The van der Waals surface area contributed by atoms with Gasteiger partial charge in [0.05, 0.1) is 24.7 Å². The molecule has 1 atom stereocenters.